The molecule has 1 aliphatic rings. The van der Waals surface area contributed by atoms with Crippen molar-refractivity contribution in [2.75, 3.05) is 13.1 Å². The van der Waals surface area contributed by atoms with E-state index in [9.17, 15) is 9.59 Å². The number of carbonyl (C=O) groups excluding carboxylic acids is 2. The number of aromatic nitrogens is 2. The normalized spacial score (nSPS) is 13.9. The highest BCUT2D eigenvalue weighted by Crippen LogP contribution is 2.21. The molecule has 1 saturated carbocycles. The molecule has 0 unspecified atom stereocenters. The van der Waals surface area contributed by atoms with E-state index in [0.29, 0.717) is 30.1 Å². The van der Waals surface area contributed by atoms with Crippen LogP contribution in [0.5, 0.6) is 0 Å². The van der Waals surface area contributed by atoms with Crippen LogP contribution in [0.15, 0.2) is 24.4 Å². The number of pyridine rings is 1. The number of hydrogen-bond donors (Lipinski definition) is 1. The van der Waals surface area contributed by atoms with Crippen LogP contribution in [-0.4, -0.2) is 45.2 Å². The summed E-state index contributed by atoms with van der Waals surface area (Å²) < 4.78 is 1.72. The minimum Gasteiger partial charge on any atom is -0.348 e. The number of rotatable bonds is 7. The summed E-state index contributed by atoms with van der Waals surface area (Å²) in [6, 6.07) is 5.79. The first-order chi connectivity index (χ1) is 11.7. The van der Waals surface area contributed by atoms with Crippen molar-refractivity contribution >= 4 is 17.3 Å². The highest BCUT2D eigenvalue weighted by atomic mass is 16.2. The van der Waals surface area contributed by atoms with E-state index in [0.717, 1.165) is 25.7 Å². The zero-order valence-corrected chi connectivity index (χ0v) is 14.3. The average molecular weight is 328 g/mol. The Bertz CT molecular complexity index is 743. The summed E-state index contributed by atoms with van der Waals surface area (Å²) in [6.07, 6.45) is 5.61. The Hall–Kier alpha value is -2.37. The van der Waals surface area contributed by atoms with Gasteiger partial charge >= 0.3 is 0 Å². The van der Waals surface area contributed by atoms with Gasteiger partial charge in [0.2, 0.25) is 5.82 Å². The van der Waals surface area contributed by atoms with E-state index in [2.05, 4.69) is 10.3 Å². The number of nitrogens with zero attached hydrogens (tertiary/aromatic N) is 3. The van der Waals surface area contributed by atoms with Crippen molar-refractivity contribution in [3.05, 3.63) is 35.9 Å². The molecule has 0 aromatic carbocycles. The second kappa shape index (κ2) is 7.03. The van der Waals surface area contributed by atoms with E-state index in [-0.39, 0.29) is 17.9 Å². The van der Waals surface area contributed by atoms with Gasteiger partial charge in [-0.25, -0.2) is 4.98 Å². The predicted octanol–water partition coefficient (Wildman–Crippen LogP) is 2.49. The molecule has 0 aliphatic heterocycles. The highest BCUT2D eigenvalue weighted by Gasteiger charge is 2.28. The van der Waals surface area contributed by atoms with Crippen LogP contribution in [0.3, 0.4) is 0 Å². The molecule has 2 amide bonds. The Labute approximate surface area is 141 Å². The van der Waals surface area contributed by atoms with Crippen LogP contribution in [-0.2, 0) is 0 Å². The van der Waals surface area contributed by atoms with E-state index >= 15 is 0 Å². The highest BCUT2D eigenvalue weighted by molar-refractivity contribution is 6.02. The van der Waals surface area contributed by atoms with Gasteiger partial charge in [-0.3, -0.25) is 14.0 Å². The van der Waals surface area contributed by atoms with Gasteiger partial charge in [0.05, 0.1) is 5.52 Å². The molecule has 1 N–H and O–H groups in total. The molecule has 24 heavy (non-hydrogen) atoms. The molecule has 3 rings (SSSR count). The number of carbonyl (C=O) groups is 2. The minimum absolute atomic E-state index is 0.120. The van der Waals surface area contributed by atoms with Gasteiger partial charge in [-0.2, -0.15) is 0 Å². The zero-order valence-electron chi connectivity index (χ0n) is 14.3. The molecule has 6 nitrogen and oxygen atoms in total. The third-order valence-corrected chi connectivity index (χ3v) is 4.14. The van der Waals surface area contributed by atoms with E-state index < -0.39 is 0 Å². The number of amides is 2. The Kier molecular flexibility index (Phi) is 4.83. The second-order valence-corrected chi connectivity index (χ2v) is 6.28. The van der Waals surface area contributed by atoms with Crippen LogP contribution in [0.25, 0.3) is 5.52 Å². The molecule has 128 valence electrons. The smallest absolute Gasteiger partial charge is 0.290 e. The molecule has 0 saturated heterocycles. The van der Waals surface area contributed by atoms with Crippen molar-refractivity contribution in [2.24, 2.45) is 0 Å². The number of imidazole rings is 1. The summed E-state index contributed by atoms with van der Waals surface area (Å²) in [4.78, 5) is 31.6. The lowest BCUT2D eigenvalue weighted by molar-refractivity contribution is 0.0742. The van der Waals surface area contributed by atoms with Crippen LogP contribution in [0.2, 0.25) is 0 Å². The van der Waals surface area contributed by atoms with Gasteiger partial charge < -0.3 is 10.2 Å². The fourth-order valence-corrected chi connectivity index (χ4v) is 2.83. The van der Waals surface area contributed by atoms with Crippen molar-refractivity contribution in [1.82, 2.24) is 19.6 Å². The first-order valence-electron chi connectivity index (χ1n) is 8.72. The van der Waals surface area contributed by atoms with Gasteiger partial charge in [-0.05, 0) is 37.8 Å². The van der Waals surface area contributed by atoms with Gasteiger partial charge in [0, 0.05) is 25.3 Å². The van der Waals surface area contributed by atoms with Gasteiger partial charge in [-0.1, -0.05) is 19.9 Å². The molecule has 1 aliphatic carbocycles. The van der Waals surface area contributed by atoms with Crippen molar-refractivity contribution in [3.63, 3.8) is 0 Å². The molecule has 0 radical (unpaired) electrons. The first-order valence-corrected chi connectivity index (χ1v) is 8.72. The minimum atomic E-state index is -0.196. The van der Waals surface area contributed by atoms with Crippen LogP contribution < -0.4 is 5.32 Å². The van der Waals surface area contributed by atoms with Gasteiger partial charge in [-0.15, -0.1) is 0 Å². The molecular formula is C18H24N4O2. The standard InChI is InChI=1S/C18H24N4O2/c1-3-10-21(11-4-2)18(24)16-20-15(17(23)19-13-8-9-13)14-7-5-6-12-22(14)16/h5-7,12-13H,3-4,8-11H2,1-2H3,(H,19,23). The second-order valence-electron chi connectivity index (χ2n) is 6.28. The van der Waals surface area contributed by atoms with E-state index in [1.807, 2.05) is 36.9 Å². The molecular weight excluding hydrogens is 304 g/mol. The van der Waals surface area contributed by atoms with Crippen LogP contribution in [0, 0.1) is 0 Å². The number of hydrogen-bond acceptors (Lipinski definition) is 3. The molecule has 0 bridgehead atoms. The summed E-state index contributed by atoms with van der Waals surface area (Å²) >= 11 is 0. The van der Waals surface area contributed by atoms with Crippen molar-refractivity contribution in [1.29, 1.82) is 0 Å². The third-order valence-electron chi connectivity index (χ3n) is 4.14. The fourth-order valence-electron chi connectivity index (χ4n) is 2.83. The summed E-state index contributed by atoms with van der Waals surface area (Å²) in [5.41, 5.74) is 1.01. The van der Waals surface area contributed by atoms with E-state index in [1.54, 1.807) is 10.6 Å². The monoisotopic (exact) mass is 328 g/mol. The number of fused-ring (bicyclic) bond motifs is 1. The predicted molar refractivity (Wildman–Crippen MR) is 92.2 cm³/mol. The Balaban J connectivity index is 1.97. The Morgan fingerprint density at radius 3 is 2.58 bits per heavy atom. The maximum Gasteiger partial charge on any atom is 0.290 e. The summed E-state index contributed by atoms with van der Waals surface area (Å²) in [5, 5.41) is 2.95. The SMILES string of the molecule is CCCN(CCC)C(=O)c1nc(C(=O)NC2CC2)c2ccccn12. The Morgan fingerprint density at radius 1 is 1.25 bits per heavy atom. The van der Waals surface area contributed by atoms with Crippen molar-refractivity contribution in [2.45, 2.75) is 45.6 Å². The molecule has 0 atom stereocenters. The molecule has 0 spiro atoms. The summed E-state index contributed by atoms with van der Waals surface area (Å²) in [7, 11) is 0. The quantitative estimate of drug-likeness (QED) is 0.849. The first kappa shape index (κ1) is 16.5. The van der Waals surface area contributed by atoms with Crippen LogP contribution in [0.1, 0.15) is 60.6 Å². The van der Waals surface area contributed by atoms with Gasteiger partial charge in [0.25, 0.3) is 11.8 Å². The average Bonchev–Trinajstić information content (AvgIpc) is 3.31. The third kappa shape index (κ3) is 3.27. The van der Waals surface area contributed by atoms with Gasteiger partial charge in [0.15, 0.2) is 5.69 Å². The molecule has 1 fully saturated rings. The molecule has 2 aromatic rings. The van der Waals surface area contributed by atoms with Crippen molar-refractivity contribution in [3.8, 4) is 0 Å². The van der Waals surface area contributed by atoms with Crippen LogP contribution in [0.4, 0.5) is 0 Å². The Morgan fingerprint density at radius 2 is 1.96 bits per heavy atom. The van der Waals surface area contributed by atoms with E-state index in [1.165, 1.54) is 0 Å². The maximum atomic E-state index is 12.9. The fraction of sp³-hybridized carbons (Fsp3) is 0.500. The van der Waals surface area contributed by atoms with Crippen LogP contribution >= 0.6 is 0 Å². The maximum absolute atomic E-state index is 12.9. The largest absolute Gasteiger partial charge is 0.348 e. The van der Waals surface area contributed by atoms with E-state index in [4.69, 9.17) is 0 Å². The number of nitrogens with one attached hydrogen (secondary N) is 1. The lowest BCUT2D eigenvalue weighted by atomic mass is 10.3. The molecule has 2 heterocycles. The molecule has 6 heteroatoms. The van der Waals surface area contributed by atoms with Crippen molar-refractivity contribution < 1.29 is 9.59 Å². The lowest BCUT2D eigenvalue weighted by Gasteiger charge is -2.20. The lowest BCUT2D eigenvalue weighted by Crippen LogP contribution is -2.34. The van der Waals surface area contributed by atoms with Gasteiger partial charge in [0.1, 0.15) is 0 Å². The topological polar surface area (TPSA) is 66.7 Å². The molecule has 2 aromatic heterocycles. The summed E-state index contributed by atoms with van der Waals surface area (Å²) in [5.74, 6) is -0.00315. The zero-order chi connectivity index (χ0) is 17.1. The summed E-state index contributed by atoms with van der Waals surface area (Å²) in [6.45, 7) is 5.48.